The van der Waals surface area contributed by atoms with Crippen LogP contribution in [0.4, 0.5) is 0 Å². The Labute approximate surface area is 234 Å². The van der Waals surface area contributed by atoms with Gasteiger partial charge in [-0.15, -0.1) is 0 Å². The topological polar surface area (TPSA) is 84.2 Å². The number of aromatic nitrogens is 2. The third-order valence-electron chi connectivity index (χ3n) is 5.70. The average molecular weight is 650 g/mol. The Hall–Kier alpha value is -3.08. The number of aryl methyl sites for hydroxylation is 1. The van der Waals surface area contributed by atoms with Crippen molar-refractivity contribution in [2.24, 2.45) is 5.10 Å². The van der Waals surface area contributed by atoms with Gasteiger partial charge in [0.15, 0.2) is 23.0 Å². The predicted molar refractivity (Wildman–Crippen MR) is 149 cm³/mol. The van der Waals surface area contributed by atoms with Gasteiger partial charge in [0, 0.05) is 20.9 Å². The Morgan fingerprint density at radius 3 is 2.76 bits per heavy atom. The van der Waals surface area contributed by atoms with E-state index in [-0.39, 0.29) is 19.0 Å². The molecule has 0 saturated carbocycles. The second-order valence-electron chi connectivity index (χ2n) is 8.01. The highest BCUT2D eigenvalue weighted by Gasteiger charge is 2.19. The van der Waals surface area contributed by atoms with Crippen molar-refractivity contribution in [2.75, 3.05) is 13.9 Å². The largest absolute Gasteiger partial charge is 0.493 e. The number of hydrogen-bond donors (Lipinski definition) is 0. The molecule has 4 aromatic rings. The minimum Gasteiger partial charge on any atom is -0.493 e. The number of hydrogen-bond acceptors (Lipinski definition) is 7. The summed E-state index contributed by atoms with van der Waals surface area (Å²) in [5, 5.41) is 5.22. The molecular weight excluding hydrogens is 630 g/mol. The van der Waals surface area contributed by atoms with E-state index in [1.807, 2.05) is 31.2 Å². The van der Waals surface area contributed by atoms with Gasteiger partial charge in [0.1, 0.15) is 17.5 Å². The Morgan fingerprint density at radius 2 is 1.97 bits per heavy atom. The lowest BCUT2D eigenvalue weighted by Crippen LogP contribution is -2.22. The number of benzene rings is 3. The molecule has 1 aliphatic heterocycles. The number of rotatable bonds is 7. The Kier molecular flexibility index (Phi) is 7.41. The van der Waals surface area contributed by atoms with Crippen LogP contribution in [0.15, 0.2) is 61.3 Å². The van der Waals surface area contributed by atoms with Gasteiger partial charge in [-0.3, -0.25) is 4.79 Å². The van der Waals surface area contributed by atoms with Crippen molar-refractivity contribution in [1.29, 1.82) is 0 Å². The van der Waals surface area contributed by atoms with Gasteiger partial charge in [-0.2, -0.15) is 9.78 Å². The van der Waals surface area contributed by atoms with E-state index in [0.29, 0.717) is 61.2 Å². The first-order valence-corrected chi connectivity index (χ1v) is 13.2. The lowest BCUT2D eigenvalue weighted by atomic mass is 10.2. The molecule has 0 unspecified atom stereocenters. The minimum atomic E-state index is -0.266. The zero-order valence-corrected chi connectivity index (χ0v) is 23.7. The third-order valence-corrected chi connectivity index (χ3v) is 7.64. The molecule has 0 spiro atoms. The van der Waals surface area contributed by atoms with Crippen molar-refractivity contribution < 1.29 is 18.9 Å². The zero-order valence-electron chi connectivity index (χ0n) is 19.8. The van der Waals surface area contributed by atoms with Crippen LogP contribution >= 0.6 is 43.5 Å². The molecule has 1 aliphatic rings. The molecule has 8 nitrogen and oxygen atoms in total. The van der Waals surface area contributed by atoms with Crippen LogP contribution in [0.5, 0.6) is 23.0 Å². The number of ether oxygens (including phenoxy) is 4. The van der Waals surface area contributed by atoms with Gasteiger partial charge in [-0.25, -0.2) is 4.98 Å². The molecule has 1 aromatic heterocycles. The van der Waals surface area contributed by atoms with Crippen LogP contribution in [-0.4, -0.2) is 29.8 Å². The first-order chi connectivity index (χ1) is 17.9. The summed E-state index contributed by atoms with van der Waals surface area (Å²) in [7, 11) is 1.53. The highest BCUT2D eigenvalue weighted by Crippen LogP contribution is 2.43. The second-order valence-corrected chi connectivity index (χ2v) is 10.1. The molecule has 0 radical (unpaired) electrons. The van der Waals surface area contributed by atoms with Crippen molar-refractivity contribution in [3.63, 3.8) is 0 Å². The van der Waals surface area contributed by atoms with Crippen molar-refractivity contribution in [1.82, 2.24) is 9.66 Å². The fourth-order valence-electron chi connectivity index (χ4n) is 3.83. The fraction of sp³-hybridized carbons (Fsp3) is 0.192. The number of methoxy groups -OCH3 is 1. The first kappa shape index (κ1) is 25.6. The van der Waals surface area contributed by atoms with Gasteiger partial charge in [-0.05, 0) is 57.9 Å². The van der Waals surface area contributed by atoms with Crippen LogP contribution in [0.25, 0.3) is 10.9 Å². The summed E-state index contributed by atoms with van der Waals surface area (Å²) in [6.07, 6.45) is 2.06. The van der Waals surface area contributed by atoms with E-state index < -0.39 is 0 Å². The normalized spacial score (nSPS) is 12.5. The molecule has 0 fully saturated rings. The van der Waals surface area contributed by atoms with Crippen molar-refractivity contribution >= 4 is 60.6 Å². The van der Waals surface area contributed by atoms with Crippen LogP contribution in [0.1, 0.15) is 23.9 Å². The summed E-state index contributed by atoms with van der Waals surface area (Å²) in [5.74, 6) is 2.69. The molecular formula is C26H20Br2ClN3O5. The molecule has 0 N–H and O–H groups in total. The van der Waals surface area contributed by atoms with E-state index in [9.17, 15) is 4.79 Å². The maximum Gasteiger partial charge on any atom is 0.282 e. The summed E-state index contributed by atoms with van der Waals surface area (Å²) >= 11 is 13.6. The van der Waals surface area contributed by atoms with Crippen molar-refractivity contribution in [3.8, 4) is 23.0 Å². The number of fused-ring (bicyclic) bond motifs is 2. The van der Waals surface area contributed by atoms with Gasteiger partial charge in [0.05, 0.1) is 24.2 Å². The predicted octanol–water partition coefficient (Wildman–Crippen LogP) is 6.34. The van der Waals surface area contributed by atoms with Gasteiger partial charge < -0.3 is 18.9 Å². The Bertz CT molecular complexity index is 1610. The zero-order chi connectivity index (χ0) is 26.1. The Balaban J connectivity index is 1.47. The third kappa shape index (κ3) is 5.05. The molecule has 5 rings (SSSR count). The SMILES string of the molecule is CCc1nc2ccc(Br)cc2c(=O)n1N=Cc1cc(OC)c(OCc2ccc3c(c2)OCO3)c(Cl)c1Br. The molecule has 0 amide bonds. The van der Waals surface area contributed by atoms with E-state index in [2.05, 4.69) is 41.9 Å². The van der Waals surface area contributed by atoms with Crippen molar-refractivity contribution in [3.05, 3.63) is 83.7 Å². The van der Waals surface area contributed by atoms with Gasteiger partial charge in [0.25, 0.3) is 5.56 Å². The number of nitrogens with zero attached hydrogens (tertiary/aromatic N) is 3. The van der Waals surface area contributed by atoms with Gasteiger partial charge in [-0.1, -0.05) is 40.5 Å². The maximum atomic E-state index is 13.2. The lowest BCUT2D eigenvalue weighted by Gasteiger charge is -2.15. The monoisotopic (exact) mass is 647 g/mol. The molecule has 3 aromatic carbocycles. The summed E-state index contributed by atoms with van der Waals surface area (Å²) in [6.45, 7) is 2.36. The van der Waals surface area contributed by atoms with Gasteiger partial charge in [0.2, 0.25) is 6.79 Å². The lowest BCUT2D eigenvalue weighted by molar-refractivity contribution is 0.174. The van der Waals surface area contributed by atoms with Crippen LogP contribution in [0, 0.1) is 0 Å². The molecule has 0 bridgehead atoms. The van der Waals surface area contributed by atoms with E-state index in [4.69, 9.17) is 30.5 Å². The van der Waals surface area contributed by atoms with Crippen LogP contribution in [-0.2, 0) is 13.0 Å². The maximum absolute atomic E-state index is 13.2. The first-order valence-electron chi connectivity index (χ1n) is 11.2. The summed E-state index contributed by atoms with van der Waals surface area (Å²) in [6, 6.07) is 12.7. The smallest absolute Gasteiger partial charge is 0.282 e. The summed E-state index contributed by atoms with van der Waals surface area (Å²) in [4.78, 5) is 17.8. The van der Waals surface area contributed by atoms with E-state index in [1.54, 1.807) is 18.2 Å². The van der Waals surface area contributed by atoms with Crippen molar-refractivity contribution in [2.45, 2.75) is 20.0 Å². The Morgan fingerprint density at radius 1 is 1.16 bits per heavy atom. The summed E-state index contributed by atoms with van der Waals surface area (Å²) < 4.78 is 25.0. The van der Waals surface area contributed by atoms with Crippen LogP contribution in [0.2, 0.25) is 5.02 Å². The molecule has 11 heteroatoms. The minimum absolute atomic E-state index is 0.202. The fourth-order valence-corrected chi connectivity index (χ4v) is 4.85. The molecule has 37 heavy (non-hydrogen) atoms. The van der Waals surface area contributed by atoms with E-state index in [0.717, 1.165) is 10.0 Å². The molecule has 0 aliphatic carbocycles. The quantitative estimate of drug-likeness (QED) is 0.218. The average Bonchev–Trinajstić information content (AvgIpc) is 3.38. The van der Waals surface area contributed by atoms with E-state index in [1.165, 1.54) is 18.0 Å². The highest BCUT2D eigenvalue weighted by molar-refractivity contribution is 9.10. The molecule has 0 atom stereocenters. The van der Waals surface area contributed by atoms with Gasteiger partial charge >= 0.3 is 0 Å². The van der Waals surface area contributed by atoms with Crippen LogP contribution in [0.3, 0.4) is 0 Å². The molecule has 2 heterocycles. The molecule has 0 saturated heterocycles. The number of halogens is 3. The van der Waals surface area contributed by atoms with Crippen LogP contribution < -0.4 is 24.5 Å². The van der Waals surface area contributed by atoms with E-state index >= 15 is 0 Å². The molecule has 190 valence electrons. The summed E-state index contributed by atoms with van der Waals surface area (Å²) in [5.41, 5.74) is 1.83. The standard InChI is InChI=1S/C26H20Br2ClN3O5/c1-3-22-31-18-6-5-16(27)10-17(18)26(33)32(22)30-11-15-9-21(34-2)25(24(29)23(15)28)35-12-14-4-7-19-20(8-14)37-13-36-19/h4-11H,3,12-13H2,1-2H3. The highest BCUT2D eigenvalue weighted by atomic mass is 79.9. The second kappa shape index (κ2) is 10.7.